The highest BCUT2D eigenvalue weighted by molar-refractivity contribution is 5.89. The van der Waals surface area contributed by atoms with Crippen molar-refractivity contribution < 1.29 is 9.59 Å². The van der Waals surface area contributed by atoms with Crippen LogP contribution in [0.3, 0.4) is 0 Å². The summed E-state index contributed by atoms with van der Waals surface area (Å²) in [5.74, 6) is 0.788. The molecule has 0 radical (unpaired) electrons. The number of anilines is 1. The predicted molar refractivity (Wildman–Crippen MR) is 145 cm³/mol. The van der Waals surface area contributed by atoms with Crippen LogP contribution in [0.4, 0.5) is 10.6 Å². The van der Waals surface area contributed by atoms with Gasteiger partial charge in [0.1, 0.15) is 5.82 Å². The first-order valence-electron chi connectivity index (χ1n) is 12.5. The molecular weight excluding hydrogens is 496 g/mol. The van der Waals surface area contributed by atoms with E-state index in [1.54, 1.807) is 35.9 Å². The topological polar surface area (TPSA) is 138 Å². The maximum absolute atomic E-state index is 12.6. The lowest BCUT2D eigenvalue weighted by molar-refractivity contribution is -0.137. The Morgan fingerprint density at radius 2 is 1.73 bits per heavy atom. The zero-order valence-electron chi connectivity index (χ0n) is 21.4. The lowest BCUT2D eigenvalue weighted by Gasteiger charge is -2.37. The van der Waals surface area contributed by atoms with E-state index in [9.17, 15) is 14.4 Å². The van der Waals surface area contributed by atoms with Crippen molar-refractivity contribution in [3.63, 3.8) is 0 Å². The number of nitrogens with two attached hydrogens (primary N) is 1. The van der Waals surface area contributed by atoms with Gasteiger partial charge in [-0.1, -0.05) is 12.1 Å². The lowest BCUT2D eigenvalue weighted by Crippen LogP contribution is -2.58. The summed E-state index contributed by atoms with van der Waals surface area (Å²) in [4.78, 5) is 44.9. The largest absolute Gasteiger partial charge is 0.354 e. The van der Waals surface area contributed by atoms with E-state index in [2.05, 4.69) is 20.9 Å². The summed E-state index contributed by atoms with van der Waals surface area (Å²) in [6.07, 6.45) is 2.53. The van der Waals surface area contributed by atoms with Crippen molar-refractivity contribution in [2.24, 2.45) is 11.7 Å². The van der Waals surface area contributed by atoms with Crippen molar-refractivity contribution in [3.8, 4) is 5.69 Å². The number of benzene rings is 1. The van der Waals surface area contributed by atoms with Crippen molar-refractivity contribution in [1.82, 2.24) is 30.0 Å². The van der Waals surface area contributed by atoms with Gasteiger partial charge in [-0.2, -0.15) is 4.98 Å². The number of carbonyl (C=O) groups is 2. The smallest absolute Gasteiger partial charge is 0.338 e. The fourth-order valence-electron chi connectivity index (χ4n) is 4.23. The highest BCUT2D eigenvalue weighted by Crippen LogP contribution is 2.12. The van der Waals surface area contributed by atoms with Crippen LogP contribution in [0.25, 0.3) is 5.69 Å². The van der Waals surface area contributed by atoms with Gasteiger partial charge in [0.2, 0.25) is 5.91 Å². The summed E-state index contributed by atoms with van der Waals surface area (Å²) in [5, 5.41) is 9.44. The van der Waals surface area contributed by atoms with Gasteiger partial charge in [0.25, 0.3) is 0 Å². The molecule has 3 heterocycles. The van der Waals surface area contributed by atoms with Crippen LogP contribution in [-0.4, -0.2) is 89.2 Å². The van der Waals surface area contributed by atoms with Crippen molar-refractivity contribution in [3.05, 3.63) is 52.6 Å². The van der Waals surface area contributed by atoms with Gasteiger partial charge < -0.3 is 26.2 Å². The summed E-state index contributed by atoms with van der Waals surface area (Å²) in [5.41, 5.74) is 6.39. The second-order valence-corrected chi connectivity index (χ2v) is 10.0. The molecule has 0 unspecified atom stereocenters. The molecule has 11 nitrogen and oxygen atoms in total. The van der Waals surface area contributed by atoms with Gasteiger partial charge >= 0.3 is 11.7 Å². The first-order valence-corrected chi connectivity index (χ1v) is 12.5. The maximum Gasteiger partial charge on any atom is 0.354 e. The highest BCUT2D eigenvalue weighted by Gasteiger charge is 2.31. The molecule has 0 spiro atoms. The third-order valence-electron chi connectivity index (χ3n) is 6.55. The monoisotopic (exact) mass is 532 g/mol. The van der Waals surface area contributed by atoms with Crippen LogP contribution >= 0.6 is 12.4 Å². The molecule has 12 heteroatoms. The third-order valence-corrected chi connectivity index (χ3v) is 6.55. The van der Waals surface area contributed by atoms with Crippen LogP contribution in [-0.2, 0) is 11.2 Å². The predicted octanol–water partition coefficient (Wildman–Crippen LogP) is 0.419. The number of nitrogens with one attached hydrogen (secondary N) is 3. The summed E-state index contributed by atoms with van der Waals surface area (Å²) in [6, 6.07) is 9.07. The first-order chi connectivity index (χ1) is 17.2. The molecule has 0 bridgehead atoms. The minimum atomic E-state index is -0.941. The van der Waals surface area contributed by atoms with E-state index in [4.69, 9.17) is 5.73 Å². The van der Waals surface area contributed by atoms with Gasteiger partial charge in [-0.3, -0.25) is 14.7 Å². The Morgan fingerprint density at radius 3 is 2.30 bits per heavy atom. The molecule has 2 aliphatic rings. The second-order valence-electron chi connectivity index (χ2n) is 10.0. The van der Waals surface area contributed by atoms with E-state index in [0.717, 1.165) is 38.5 Å². The molecule has 0 atom stereocenters. The van der Waals surface area contributed by atoms with Crippen LogP contribution in [0.2, 0.25) is 0 Å². The number of hydrogen-bond acceptors (Lipinski definition) is 7. The summed E-state index contributed by atoms with van der Waals surface area (Å²) >= 11 is 0. The Kier molecular flexibility index (Phi) is 9.66. The third kappa shape index (κ3) is 7.51. The zero-order valence-corrected chi connectivity index (χ0v) is 22.2. The number of urea groups is 1. The number of halogens is 1. The number of aromatic nitrogens is 2. The Bertz CT molecular complexity index is 1120. The van der Waals surface area contributed by atoms with E-state index >= 15 is 0 Å². The Labute approximate surface area is 223 Å². The zero-order chi connectivity index (χ0) is 25.7. The number of carbonyl (C=O) groups excluding carboxylic acids is 2. The van der Waals surface area contributed by atoms with Crippen LogP contribution in [0.5, 0.6) is 0 Å². The molecule has 0 saturated carbocycles. The molecule has 5 N–H and O–H groups in total. The number of hydrogen-bond donors (Lipinski definition) is 4. The molecular formula is C25H37ClN8O3. The Hall–Kier alpha value is -2.99. The average molecular weight is 533 g/mol. The molecule has 37 heavy (non-hydrogen) atoms. The van der Waals surface area contributed by atoms with Crippen LogP contribution < -0.4 is 27.4 Å². The van der Waals surface area contributed by atoms with Crippen molar-refractivity contribution >= 4 is 30.2 Å². The maximum atomic E-state index is 12.6. The molecule has 2 aliphatic heterocycles. The molecule has 1 aromatic heterocycles. The van der Waals surface area contributed by atoms with Crippen LogP contribution in [0.15, 0.2) is 41.3 Å². The summed E-state index contributed by atoms with van der Waals surface area (Å²) < 4.78 is 1.44. The van der Waals surface area contributed by atoms with Crippen LogP contribution in [0, 0.1) is 5.92 Å². The standard InChI is InChI=1S/C25H36N8O3.ClH/c1-25(2,26)22(34)31-11-13-32(14-12-31)23(35)29-21-8-10-33(24(36)30-21)20-5-3-18(4-6-20)7-9-27-15-19-16-28-17-19;/h3-6,8,10,19,27-28H,7,9,11-17,26H2,1-2H3,(H,29,30,35,36);1H. The molecule has 3 amide bonds. The number of nitrogens with zero attached hydrogens (tertiary/aromatic N) is 4. The SMILES string of the molecule is CC(C)(N)C(=O)N1CCN(C(=O)Nc2ccn(-c3ccc(CCNCC4CNC4)cc3)c(=O)n2)CC1.Cl. The molecule has 0 aliphatic carbocycles. The van der Waals surface area contributed by atoms with Gasteiger partial charge in [-0.15, -0.1) is 12.4 Å². The van der Waals surface area contributed by atoms with E-state index in [-0.39, 0.29) is 30.2 Å². The van der Waals surface area contributed by atoms with Gasteiger partial charge in [0, 0.05) is 52.0 Å². The minimum absolute atomic E-state index is 0. The summed E-state index contributed by atoms with van der Waals surface area (Å²) in [7, 11) is 0. The first kappa shape index (κ1) is 28.6. The molecule has 1 aromatic carbocycles. The fraction of sp³-hybridized carbons (Fsp3) is 0.520. The van der Waals surface area contributed by atoms with Gasteiger partial charge in [-0.25, -0.2) is 9.59 Å². The van der Waals surface area contributed by atoms with E-state index < -0.39 is 11.2 Å². The van der Waals surface area contributed by atoms with E-state index in [0.29, 0.717) is 31.9 Å². The van der Waals surface area contributed by atoms with Gasteiger partial charge in [0.15, 0.2) is 0 Å². The number of piperazine rings is 1. The van der Waals surface area contributed by atoms with Crippen molar-refractivity contribution in [1.29, 1.82) is 0 Å². The van der Waals surface area contributed by atoms with Crippen molar-refractivity contribution in [2.75, 3.05) is 57.7 Å². The fourth-order valence-corrected chi connectivity index (χ4v) is 4.23. The molecule has 2 saturated heterocycles. The lowest BCUT2D eigenvalue weighted by atomic mass is 10.0. The average Bonchev–Trinajstić information content (AvgIpc) is 2.82. The van der Waals surface area contributed by atoms with Gasteiger partial charge in [-0.05, 0) is 56.5 Å². The Balaban J connectivity index is 0.00000380. The quantitative estimate of drug-likeness (QED) is 0.361. The molecule has 2 fully saturated rings. The highest BCUT2D eigenvalue weighted by atomic mass is 35.5. The van der Waals surface area contributed by atoms with E-state index in [1.807, 2.05) is 24.3 Å². The molecule has 2 aromatic rings. The van der Waals surface area contributed by atoms with Crippen molar-refractivity contribution in [2.45, 2.75) is 25.8 Å². The minimum Gasteiger partial charge on any atom is -0.338 e. The van der Waals surface area contributed by atoms with E-state index in [1.165, 1.54) is 10.1 Å². The molecule has 202 valence electrons. The number of amides is 3. The Morgan fingerprint density at radius 1 is 1.08 bits per heavy atom. The normalized spacial score (nSPS) is 16.1. The van der Waals surface area contributed by atoms with Crippen LogP contribution in [0.1, 0.15) is 19.4 Å². The second kappa shape index (κ2) is 12.5. The molecule has 4 rings (SSSR count). The summed E-state index contributed by atoms with van der Waals surface area (Å²) in [6.45, 7) is 9.07. The van der Waals surface area contributed by atoms with Gasteiger partial charge in [0.05, 0.1) is 11.2 Å². The number of rotatable bonds is 8.